The first kappa shape index (κ1) is 12.6. The van der Waals surface area contributed by atoms with Gasteiger partial charge in [-0.1, -0.05) is 0 Å². The molecule has 5 heteroatoms. The van der Waals surface area contributed by atoms with Crippen molar-refractivity contribution in [3.05, 3.63) is 23.7 Å². The molecule has 0 radical (unpaired) electrons. The lowest BCUT2D eigenvalue weighted by Crippen LogP contribution is -2.14. The van der Waals surface area contributed by atoms with Gasteiger partial charge in [0.05, 0.1) is 13.2 Å². The van der Waals surface area contributed by atoms with Gasteiger partial charge in [0, 0.05) is 25.2 Å². The van der Waals surface area contributed by atoms with Crippen molar-refractivity contribution in [1.29, 1.82) is 0 Å². The van der Waals surface area contributed by atoms with E-state index in [2.05, 4.69) is 15.6 Å². The molecule has 0 unspecified atom stereocenters. The first-order valence-electron chi connectivity index (χ1n) is 6.90. The van der Waals surface area contributed by atoms with Gasteiger partial charge >= 0.3 is 0 Å². The van der Waals surface area contributed by atoms with Gasteiger partial charge in [-0.3, -0.25) is 0 Å². The molecule has 1 aliphatic carbocycles. The average molecular weight is 260 g/mol. The molecule has 0 atom stereocenters. The van der Waals surface area contributed by atoms with Crippen LogP contribution in [0.3, 0.4) is 0 Å². The van der Waals surface area contributed by atoms with Gasteiger partial charge in [-0.2, -0.15) is 0 Å². The van der Waals surface area contributed by atoms with E-state index in [1.807, 2.05) is 13.1 Å². The molecule has 0 bridgehead atoms. The molecule has 2 aromatic rings. The van der Waals surface area contributed by atoms with Crippen LogP contribution in [0.4, 0.5) is 0 Å². The van der Waals surface area contributed by atoms with Crippen molar-refractivity contribution in [2.24, 2.45) is 5.73 Å². The molecule has 19 heavy (non-hydrogen) atoms. The van der Waals surface area contributed by atoms with Crippen LogP contribution in [0.15, 0.2) is 12.3 Å². The Bertz CT molecular complexity index is 574. The smallest absolute Gasteiger partial charge is 0.160 e. The molecular weight excluding hydrogens is 240 g/mol. The number of nitrogens with two attached hydrogens (primary N) is 1. The number of nitrogens with zero attached hydrogens (tertiary/aromatic N) is 3. The first-order valence-corrected chi connectivity index (χ1v) is 6.90. The lowest BCUT2D eigenvalue weighted by Gasteiger charge is -2.08. The third-order valence-electron chi connectivity index (χ3n) is 3.42. The van der Waals surface area contributed by atoms with Gasteiger partial charge in [0.25, 0.3) is 0 Å². The van der Waals surface area contributed by atoms with Crippen LogP contribution in [0, 0.1) is 6.92 Å². The number of hydrogen-bond acceptors (Lipinski definition) is 4. The third kappa shape index (κ3) is 2.62. The van der Waals surface area contributed by atoms with Crippen molar-refractivity contribution in [3.63, 3.8) is 0 Å². The molecule has 5 nitrogen and oxygen atoms in total. The summed E-state index contributed by atoms with van der Waals surface area (Å²) in [6.45, 7) is 4.69. The van der Waals surface area contributed by atoms with Crippen molar-refractivity contribution in [2.45, 2.75) is 32.2 Å². The van der Waals surface area contributed by atoms with Gasteiger partial charge in [0.15, 0.2) is 5.65 Å². The fourth-order valence-corrected chi connectivity index (χ4v) is 2.34. The zero-order chi connectivity index (χ0) is 13.2. The highest BCUT2D eigenvalue weighted by Gasteiger charge is 2.29. The molecule has 102 valence electrons. The van der Waals surface area contributed by atoms with Crippen LogP contribution < -0.4 is 5.73 Å². The monoisotopic (exact) mass is 260 g/mol. The second-order valence-electron chi connectivity index (χ2n) is 5.15. The minimum atomic E-state index is 0.567. The van der Waals surface area contributed by atoms with Crippen LogP contribution in [-0.4, -0.2) is 34.3 Å². The Morgan fingerprint density at radius 3 is 3.00 bits per heavy atom. The Morgan fingerprint density at radius 1 is 1.42 bits per heavy atom. The fourth-order valence-electron chi connectivity index (χ4n) is 2.34. The predicted molar refractivity (Wildman–Crippen MR) is 74.1 cm³/mol. The van der Waals surface area contributed by atoms with E-state index in [-0.39, 0.29) is 0 Å². The first-order chi connectivity index (χ1) is 9.29. The minimum Gasteiger partial charge on any atom is -0.378 e. The average Bonchev–Trinajstić information content (AvgIpc) is 3.18. The summed E-state index contributed by atoms with van der Waals surface area (Å²) in [5.74, 6) is 1.79. The van der Waals surface area contributed by atoms with Crippen molar-refractivity contribution >= 4 is 11.2 Å². The topological polar surface area (TPSA) is 66.0 Å². The van der Waals surface area contributed by atoms with E-state index < -0.39 is 0 Å². The molecule has 0 spiro atoms. The summed E-state index contributed by atoms with van der Waals surface area (Å²) in [6, 6.07) is 2.10. The van der Waals surface area contributed by atoms with Crippen molar-refractivity contribution < 1.29 is 4.74 Å². The maximum atomic E-state index is 5.48. The van der Waals surface area contributed by atoms with E-state index in [4.69, 9.17) is 15.5 Å². The highest BCUT2D eigenvalue weighted by atomic mass is 16.5. The molecule has 0 saturated heterocycles. The maximum Gasteiger partial charge on any atom is 0.160 e. The van der Waals surface area contributed by atoms with Crippen LogP contribution in [-0.2, 0) is 11.3 Å². The third-order valence-corrected chi connectivity index (χ3v) is 3.42. The predicted octanol–water partition coefficient (Wildman–Crippen LogP) is 1.59. The van der Waals surface area contributed by atoms with Gasteiger partial charge in [-0.25, -0.2) is 9.97 Å². The maximum absolute atomic E-state index is 5.48. The van der Waals surface area contributed by atoms with Crippen LogP contribution in [0.5, 0.6) is 0 Å². The molecular formula is C14H20N4O. The Labute approximate surface area is 112 Å². The molecule has 2 heterocycles. The standard InChI is InChI=1S/C14H20N4O/c1-10-8-12-14(16-9-10)18(5-7-19-6-4-15)13(17-12)11-2-3-11/h8-9,11H,2-7,15H2,1H3. The molecule has 0 amide bonds. The lowest BCUT2D eigenvalue weighted by molar-refractivity contribution is 0.133. The second kappa shape index (κ2) is 5.27. The number of pyridine rings is 1. The summed E-state index contributed by atoms with van der Waals surface area (Å²) in [7, 11) is 0. The van der Waals surface area contributed by atoms with Gasteiger partial charge in [-0.15, -0.1) is 0 Å². The highest BCUT2D eigenvalue weighted by molar-refractivity contribution is 5.72. The SMILES string of the molecule is Cc1cnc2c(c1)nc(C1CC1)n2CCOCCN. The van der Waals surface area contributed by atoms with E-state index in [1.54, 1.807) is 0 Å². The molecule has 1 saturated carbocycles. The number of aryl methyl sites for hydroxylation is 1. The normalized spacial score (nSPS) is 15.3. The zero-order valence-electron chi connectivity index (χ0n) is 11.3. The summed E-state index contributed by atoms with van der Waals surface area (Å²) >= 11 is 0. The Kier molecular flexibility index (Phi) is 3.48. The molecule has 0 aromatic carbocycles. The van der Waals surface area contributed by atoms with Gasteiger partial charge in [-0.05, 0) is 31.4 Å². The summed E-state index contributed by atoms with van der Waals surface area (Å²) in [4.78, 5) is 9.29. The van der Waals surface area contributed by atoms with Crippen LogP contribution in [0.1, 0.15) is 30.1 Å². The van der Waals surface area contributed by atoms with Crippen molar-refractivity contribution in [2.75, 3.05) is 19.8 Å². The largest absolute Gasteiger partial charge is 0.378 e. The molecule has 2 aromatic heterocycles. The van der Waals surface area contributed by atoms with E-state index in [1.165, 1.54) is 18.7 Å². The van der Waals surface area contributed by atoms with Gasteiger partial charge < -0.3 is 15.0 Å². The number of hydrogen-bond donors (Lipinski definition) is 1. The Morgan fingerprint density at radius 2 is 2.26 bits per heavy atom. The minimum absolute atomic E-state index is 0.567. The van der Waals surface area contributed by atoms with Gasteiger partial charge in [0.2, 0.25) is 0 Å². The number of imidazole rings is 1. The summed E-state index contributed by atoms with van der Waals surface area (Å²) in [5.41, 5.74) is 8.55. The van der Waals surface area contributed by atoms with Gasteiger partial charge in [0.1, 0.15) is 11.3 Å². The molecule has 2 N–H and O–H groups in total. The number of rotatable bonds is 6. The summed E-state index contributed by atoms with van der Waals surface area (Å²) in [5, 5.41) is 0. The molecule has 1 fully saturated rings. The number of aromatic nitrogens is 3. The number of fused-ring (bicyclic) bond motifs is 1. The molecule has 0 aliphatic heterocycles. The summed E-state index contributed by atoms with van der Waals surface area (Å²) in [6.07, 6.45) is 4.38. The quantitative estimate of drug-likeness (QED) is 0.801. The second-order valence-corrected chi connectivity index (χ2v) is 5.15. The van der Waals surface area contributed by atoms with E-state index in [0.717, 1.165) is 23.3 Å². The lowest BCUT2D eigenvalue weighted by atomic mass is 10.3. The van der Waals surface area contributed by atoms with E-state index in [0.29, 0.717) is 25.7 Å². The van der Waals surface area contributed by atoms with Crippen LogP contribution in [0.25, 0.3) is 11.2 Å². The zero-order valence-corrected chi connectivity index (χ0v) is 11.3. The molecule has 1 aliphatic rings. The summed E-state index contributed by atoms with van der Waals surface area (Å²) < 4.78 is 7.69. The van der Waals surface area contributed by atoms with Crippen molar-refractivity contribution in [1.82, 2.24) is 14.5 Å². The Hall–Kier alpha value is -1.46. The van der Waals surface area contributed by atoms with Crippen LogP contribution >= 0.6 is 0 Å². The molecule has 3 rings (SSSR count). The van der Waals surface area contributed by atoms with Crippen molar-refractivity contribution in [3.8, 4) is 0 Å². The van der Waals surface area contributed by atoms with E-state index in [9.17, 15) is 0 Å². The highest BCUT2D eigenvalue weighted by Crippen LogP contribution is 2.40. The fraction of sp³-hybridized carbons (Fsp3) is 0.571. The Balaban J connectivity index is 1.88. The number of ether oxygens (including phenoxy) is 1. The van der Waals surface area contributed by atoms with Crippen LogP contribution in [0.2, 0.25) is 0 Å². The van der Waals surface area contributed by atoms with E-state index >= 15 is 0 Å².